The highest BCUT2D eigenvalue weighted by Gasteiger charge is 2.48. The van der Waals surface area contributed by atoms with Gasteiger partial charge >= 0.3 is 5.79 Å². The smallest absolute Gasteiger partial charge is 0.305 e. The van der Waals surface area contributed by atoms with Crippen LogP contribution in [-0.2, 0) is 5.79 Å². The third-order valence-corrected chi connectivity index (χ3v) is 6.57. The van der Waals surface area contributed by atoms with E-state index in [0.29, 0.717) is 34.6 Å². The van der Waals surface area contributed by atoms with Crippen LogP contribution in [-0.4, -0.2) is 23.9 Å². The van der Waals surface area contributed by atoms with E-state index in [-0.39, 0.29) is 10.9 Å². The molecule has 1 aliphatic heterocycles. The van der Waals surface area contributed by atoms with Gasteiger partial charge in [-0.15, -0.1) is 0 Å². The summed E-state index contributed by atoms with van der Waals surface area (Å²) in [4.78, 5) is 15.1. The predicted octanol–water partition coefficient (Wildman–Crippen LogP) is 7.04. The first-order valence-corrected chi connectivity index (χ1v) is 12.0. The van der Waals surface area contributed by atoms with Gasteiger partial charge in [0.15, 0.2) is 11.5 Å². The fourth-order valence-electron chi connectivity index (χ4n) is 3.88. The average Bonchev–Trinajstić information content (AvgIpc) is 3.26. The molecule has 0 radical (unpaired) electrons. The zero-order valence-electron chi connectivity index (χ0n) is 18.1. The SMILES string of the molecule is CCCCN(CC)C(=O)c1cc(Br)c2c(c1Cl)OC(c1ccccc1)(c1ccccc1)O2. The summed E-state index contributed by atoms with van der Waals surface area (Å²) in [5, 5.41) is 0.261. The van der Waals surface area contributed by atoms with Gasteiger partial charge in [-0.3, -0.25) is 4.79 Å². The first-order valence-electron chi connectivity index (χ1n) is 10.8. The number of amides is 1. The fraction of sp³-hybridized carbons (Fsp3) is 0.269. The predicted molar refractivity (Wildman–Crippen MR) is 131 cm³/mol. The Morgan fingerprint density at radius 2 is 1.53 bits per heavy atom. The maximum atomic E-state index is 13.3. The van der Waals surface area contributed by atoms with E-state index in [0.717, 1.165) is 24.0 Å². The second-order valence-electron chi connectivity index (χ2n) is 7.67. The number of halogens is 2. The van der Waals surface area contributed by atoms with E-state index in [2.05, 4.69) is 22.9 Å². The van der Waals surface area contributed by atoms with E-state index in [1.807, 2.05) is 67.6 Å². The maximum absolute atomic E-state index is 13.3. The average molecular weight is 515 g/mol. The van der Waals surface area contributed by atoms with Crippen molar-refractivity contribution in [3.05, 3.63) is 92.9 Å². The lowest BCUT2D eigenvalue weighted by Gasteiger charge is -2.28. The summed E-state index contributed by atoms with van der Waals surface area (Å²) in [7, 11) is 0. The van der Waals surface area contributed by atoms with Crippen LogP contribution in [0.4, 0.5) is 0 Å². The Morgan fingerprint density at radius 3 is 2.06 bits per heavy atom. The Hall–Kier alpha value is -2.50. The lowest BCUT2D eigenvalue weighted by molar-refractivity contribution is -0.0461. The number of nitrogens with zero attached hydrogens (tertiary/aromatic N) is 1. The molecule has 0 bridgehead atoms. The van der Waals surface area contributed by atoms with Crippen molar-refractivity contribution >= 4 is 33.4 Å². The topological polar surface area (TPSA) is 38.8 Å². The van der Waals surface area contributed by atoms with Crippen LogP contribution in [0, 0.1) is 0 Å². The standard InChI is InChI=1S/C26H25BrClNO3/c1-3-5-16-29(4-2)25(30)20-17-21(27)23-24(22(20)28)32-26(31-23,18-12-8-6-9-13-18)19-14-10-7-11-15-19/h6-15,17H,3-5,16H2,1-2H3. The van der Waals surface area contributed by atoms with Gasteiger partial charge in [0.2, 0.25) is 0 Å². The van der Waals surface area contributed by atoms with Crippen molar-refractivity contribution in [2.45, 2.75) is 32.5 Å². The maximum Gasteiger partial charge on any atom is 0.305 e. The number of carbonyl (C=O) groups is 1. The highest BCUT2D eigenvalue weighted by atomic mass is 79.9. The molecule has 0 saturated heterocycles. The lowest BCUT2D eigenvalue weighted by atomic mass is 9.97. The van der Waals surface area contributed by atoms with Gasteiger partial charge in [0.25, 0.3) is 5.91 Å². The fourth-order valence-corrected chi connectivity index (χ4v) is 4.63. The number of benzene rings is 3. The Morgan fingerprint density at radius 1 is 0.969 bits per heavy atom. The minimum Gasteiger partial charge on any atom is -0.439 e. The molecule has 1 aliphatic rings. The molecule has 0 aliphatic carbocycles. The molecule has 6 heteroatoms. The van der Waals surface area contributed by atoms with Crippen molar-refractivity contribution in [1.82, 2.24) is 4.90 Å². The Bertz CT molecular complexity index is 1070. The summed E-state index contributed by atoms with van der Waals surface area (Å²) in [6.45, 7) is 5.37. The van der Waals surface area contributed by atoms with Crippen molar-refractivity contribution < 1.29 is 14.3 Å². The zero-order valence-corrected chi connectivity index (χ0v) is 20.4. The first-order chi connectivity index (χ1) is 15.5. The quantitative estimate of drug-likeness (QED) is 0.339. The number of hydrogen-bond donors (Lipinski definition) is 0. The second-order valence-corrected chi connectivity index (χ2v) is 8.90. The van der Waals surface area contributed by atoms with E-state index in [1.54, 1.807) is 11.0 Å². The highest BCUT2D eigenvalue weighted by Crippen LogP contribution is 2.54. The minimum absolute atomic E-state index is 0.116. The van der Waals surface area contributed by atoms with E-state index in [4.69, 9.17) is 21.1 Å². The summed E-state index contributed by atoms with van der Waals surface area (Å²) in [5.74, 6) is -0.472. The Balaban J connectivity index is 1.80. The van der Waals surface area contributed by atoms with E-state index >= 15 is 0 Å². The molecule has 0 aromatic heterocycles. The molecule has 32 heavy (non-hydrogen) atoms. The van der Waals surface area contributed by atoms with Crippen molar-refractivity contribution in [2.75, 3.05) is 13.1 Å². The zero-order chi connectivity index (χ0) is 22.7. The van der Waals surface area contributed by atoms with Crippen molar-refractivity contribution in [3.8, 4) is 11.5 Å². The number of rotatable bonds is 7. The van der Waals surface area contributed by atoms with Gasteiger partial charge in [-0.25, -0.2) is 0 Å². The summed E-state index contributed by atoms with van der Waals surface area (Å²) in [5.41, 5.74) is 2.06. The second kappa shape index (κ2) is 9.55. The van der Waals surface area contributed by atoms with Crippen LogP contribution >= 0.6 is 27.5 Å². The van der Waals surface area contributed by atoms with Crippen LogP contribution in [0.1, 0.15) is 48.2 Å². The Labute approximate surface area is 202 Å². The summed E-state index contributed by atoms with van der Waals surface area (Å²) in [6.07, 6.45) is 1.95. The van der Waals surface area contributed by atoms with Crippen LogP contribution in [0.2, 0.25) is 5.02 Å². The molecule has 0 saturated carbocycles. The van der Waals surface area contributed by atoms with Gasteiger partial charge < -0.3 is 14.4 Å². The van der Waals surface area contributed by atoms with E-state index in [9.17, 15) is 4.79 Å². The van der Waals surface area contributed by atoms with Crippen LogP contribution < -0.4 is 9.47 Å². The monoisotopic (exact) mass is 513 g/mol. The molecule has 3 aromatic rings. The van der Waals surface area contributed by atoms with Crippen LogP contribution in [0.25, 0.3) is 0 Å². The summed E-state index contributed by atoms with van der Waals surface area (Å²) < 4.78 is 13.6. The molecule has 3 aromatic carbocycles. The van der Waals surface area contributed by atoms with Gasteiger partial charge in [-0.2, -0.15) is 0 Å². The normalized spacial score (nSPS) is 13.8. The van der Waals surface area contributed by atoms with E-state index < -0.39 is 5.79 Å². The summed E-state index contributed by atoms with van der Waals surface area (Å²) >= 11 is 10.4. The van der Waals surface area contributed by atoms with Gasteiger partial charge in [0.1, 0.15) is 0 Å². The molecule has 0 fully saturated rings. The number of fused-ring (bicyclic) bond motifs is 1. The number of carbonyl (C=O) groups excluding carboxylic acids is 1. The van der Waals surface area contributed by atoms with Crippen molar-refractivity contribution in [1.29, 1.82) is 0 Å². The van der Waals surface area contributed by atoms with Gasteiger partial charge in [0.05, 0.1) is 15.1 Å². The largest absolute Gasteiger partial charge is 0.439 e. The van der Waals surface area contributed by atoms with Gasteiger partial charge in [-0.1, -0.05) is 85.6 Å². The number of unbranched alkanes of at least 4 members (excludes halogenated alkanes) is 1. The molecule has 0 spiro atoms. The van der Waals surface area contributed by atoms with Crippen molar-refractivity contribution in [3.63, 3.8) is 0 Å². The third-order valence-electron chi connectivity index (χ3n) is 5.61. The molecule has 1 amide bonds. The molecular weight excluding hydrogens is 490 g/mol. The molecule has 0 N–H and O–H groups in total. The van der Waals surface area contributed by atoms with E-state index in [1.165, 1.54) is 0 Å². The molecule has 166 valence electrons. The van der Waals surface area contributed by atoms with Crippen LogP contribution in [0.15, 0.2) is 71.2 Å². The molecule has 0 unspecified atom stereocenters. The first kappa shape index (κ1) is 22.7. The molecule has 0 atom stereocenters. The highest BCUT2D eigenvalue weighted by molar-refractivity contribution is 9.10. The molecule has 4 nitrogen and oxygen atoms in total. The number of ether oxygens (including phenoxy) is 2. The molecule has 1 heterocycles. The van der Waals surface area contributed by atoms with Crippen molar-refractivity contribution in [2.24, 2.45) is 0 Å². The van der Waals surface area contributed by atoms with Gasteiger partial charge in [-0.05, 0) is 35.3 Å². The summed E-state index contributed by atoms with van der Waals surface area (Å²) in [6, 6.07) is 21.2. The van der Waals surface area contributed by atoms with Crippen LogP contribution in [0.3, 0.4) is 0 Å². The van der Waals surface area contributed by atoms with Gasteiger partial charge in [0, 0.05) is 24.2 Å². The number of hydrogen-bond acceptors (Lipinski definition) is 3. The third kappa shape index (κ3) is 4.00. The molecular formula is C26H25BrClNO3. The van der Waals surface area contributed by atoms with Crippen LogP contribution in [0.5, 0.6) is 11.5 Å². The minimum atomic E-state index is -1.20. The lowest BCUT2D eigenvalue weighted by Crippen LogP contribution is -2.36. The Kier molecular flexibility index (Phi) is 6.77. The molecule has 4 rings (SSSR count).